The second-order valence-corrected chi connectivity index (χ2v) is 5.24. The molecule has 2 aromatic rings. The van der Waals surface area contributed by atoms with Crippen molar-refractivity contribution in [3.05, 3.63) is 36.3 Å². The number of imidazole rings is 1. The zero-order valence-corrected chi connectivity index (χ0v) is 11.7. The lowest BCUT2D eigenvalue weighted by Gasteiger charge is -2.27. The van der Waals surface area contributed by atoms with Crippen LogP contribution in [0.15, 0.2) is 35.6 Å². The second kappa shape index (κ2) is 5.94. The number of fused-ring (bicyclic) bond motifs is 1. The molecule has 0 unspecified atom stereocenters. The predicted molar refractivity (Wildman–Crippen MR) is 80.8 cm³/mol. The molecular weight excluding hydrogens is 250 g/mol. The van der Waals surface area contributed by atoms with Gasteiger partial charge in [-0.3, -0.25) is 4.99 Å². The maximum Gasteiger partial charge on any atom is 0.191 e. The SMILES string of the molecule is NC(=NCCc1cn2ccccc2n1)N1CCCCC1. The number of nitrogens with zero attached hydrogens (tertiary/aromatic N) is 4. The minimum atomic E-state index is 0.688. The van der Waals surface area contributed by atoms with E-state index in [4.69, 9.17) is 5.73 Å². The van der Waals surface area contributed by atoms with Crippen molar-refractivity contribution in [2.24, 2.45) is 10.7 Å². The van der Waals surface area contributed by atoms with E-state index in [1.54, 1.807) is 0 Å². The van der Waals surface area contributed by atoms with E-state index < -0.39 is 0 Å². The van der Waals surface area contributed by atoms with E-state index in [9.17, 15) is 0 Å². The highest BCUT2D eigenvalue weighted by molar-refractivity contribution is 5.78. The fourth-order valence-electron chi connectivity index (χ4n) is 2.62. The van der Waals surface area contributed by atoms with Crippen molar-refractivity contribution in [2.75, 3.05) is 19.6 Å². The van der Waals surface area contributed by atoms with Crippen LogP contribution >= 0.6 is 0 Å². The Morgan fingerprint density at radius 3 is 2.90 bits per heavy atom. The number of aliphatic imine (C=N–C) groups is 1. The van der Waals surface area contributed by atoms with E-state index in [1.165, 1.54) is 19.3 Å². The standard InChI is InChI=1S/C15H21N5/c16-15(19-9-3-1-4-10-19)17-8-7-13-12-20-11-5-2-6-14(20)18-13/h2,5-6,11-12H,1,3-4,7-10H2,(H2,16,17). The maximum atomic E-state index is 6.04. The Balaban J connectivity index is 1.58. The third-order valence-corrected chi connectivity index (χ3v) is 3.74. The van der Waals surface area contributed by atoms with Crippen molar-refractivity contribution in [2.45, 2.75) is 25.7 Å². The molecular formula is C15H21N5. The summed E-state index contributed by atoms with van der Waals surface area (Å²) in [5, 5.41) is 0. The van der Waals surface area contributed by atoms with Crippen molar-refractivity contribution in [1.29, 1.82) is 0 Å². The zero-order valence-electron chi connectivity index (χ0n) is 11.7. The molecule has 2 aromatic heterocycles. The van der Waals surface area contributed by atoms with Gasteiger partial charge >= 0.3 is 0 Å². The summed E-state index contributed by atoms with van der Waals surface area (Å²) in [4.78, 5) is 11.2. The molecule has 0 aromatic carbocycles. The summed E-state index contributed by atoms with van der Waals surface area (Å²) < 4.78 is 2.03. The summed E-state index contributed by atoms with van der Waals surface area (Å²) in [6, 6.07) is 6.01. The van der Waals surface area contributed by atoms with Gasteiger partial charge in [-0.1, -0.05) is 6.07 Å². The van der Waals surface area contributed by atoms with Gasteiger partial charge < -0.3 is 15.0 Å². The van der Waals surface area contributed by atoms with Crippen LogP contribution in [0.2, 0.25) is 0 Å². The van der Waals surface area contributed by atoms with Crippen molar-refractivity contribution in [3.63, 3.8) is 0 Å². The number of guanidine groups is 1. The van der Waals surface area contributed by atoms with Gasteiger partial charge in [0.05, 0.1) is 5.69 Å². The Bertz CT molecular complexity index is 562. The summed E-state index contributed by atoms with van der Waals surface area (Å²) >= 11 is 0. The van der Waals surface area contributed by atoms with E-state index >= 15 is 0 Å². The lowest BCUT2D eigenvalue weighted by molar-refractivity contribution is 0.338. The van der Waals surface area contributed by atoms with Crippen molar-refractivity contribution in [1.82, 2.24) is 14.3 Å². The van der Waals surface area contributed by atoms with Crippen LogP contribution < -0.4 is 5.73 Å². The van der Waals surface area contributed by atoms with Gasteiger partial charge in [0, 0.05) is 38.4 Å². The molecule has 3 rings (SSSR count). The lowest BCUT2D eigenvalue weighted by atomic mass is 10.1. The quantitative estimate of drug-likeness (QED) is 0.682. The van der Waals surface area contributed by atoms with Crippen molar-refractivity contribution in [3.8, 4) is 0 Å². The van der Waals surface area contributed by atoms with Crippen LogP contribution in [-0.2, 0) is 6.42 Å². The second-order valence-electron chi connectivity index (χ2n) is 5.24. The van der Waals surface area contributed by atoms with Gasteiger partial charge in [0.1, 0.15) is 5.65 Å². The number of nitrogens with two attached hydrogens (primary N) is 1. The molecule has 5 heteroatoms. The van der Waals surface area contributed by atoms with E-state index in [0.717, 1.165) is 30.9 Å². The number of hydrogen-bond acceptors (Lipinski definition) is 2. The smallest absolute Gasteiger partial charge is 0.191 e. The van der Waals surface area contributed by atoms with Gasteiger partial charge in [-0.05, 0) is 31.4 Å². The predicted octanol–water partition coefficient (Wildman–Crippen LogP) is 1.68. The molecule has 1 fully saturated rings. The first-order chi connectivity index (χ1) is 9.83. The Morgan fingerprint density at radius 1 is 1.25 bits per heavy atom. The van der Waals surface area contributed by atoms with Gasteiger partial charge in [0.15, 0.2) is 5.96 Å². The highest BCUT2D eigenvalue weighted by Crippen LogP contribution is 2.08. The fraction of sp³-hybridized carbons (Fsp3) is 0.467. The zero-order chi connectivity index (χ0) is 13.8. The highest BCUT2D eigenvalue weighted by atomic mass is 15.2. The summed E-state index contributed by atoms with van der Waals surface area (Å²) in [5.41, 5.74) is 8.08. The summed E-state index contributed by atoms with van der Waals surface area (Å²) in [6.45, 7) is 2.79. The minimum Gasteiger partial charge on any atom is -0.370 e. The average Bonchev–Trinajstić information content (AvgIpc) is 2.90. The van der Waals surface area contributed by atoms with Gasteiger partial charge in [-0.25, -0.2) is 4.98 Å². The molecule has 0 spiro atoms. The number of rotatable bonds is 3. The van der Waals surface area contributed by atoms with E-state index in [1.807, 2.05) is 28.8 Å². The van der Waals surface area contributed by atoms with Gasteiger partial charge in [0.2, 0.25) is 0 Å². The van der Waals surface area contributed by atoms with Crippen LogP contribution in [0.3, 0.4) is 0 Å². The van der Waals surface area contributed by atoms with Crippen LogP contribution in [0.4, 0.5) is 0 Å². The first kappa shape index (κ1) is 13.0. The van der Waals surface area contributed by atoms with Crippen LogP contribution in [0, 0.1) is 0 Å². The summed E-state index contributed by atoms with van der Waals surface area (Å²) in [6.07, 6.45) is 8.66. The van der Waals surface area contributed by atoms with Crippen molar-refractivity contribution >= 4 is 11.6 Å². The van der Waals surface area contributed by atoms with Crippen LogP contribution in [0.5, 0.6) is 0 Å². The number of hydrogen-bond donors (Lipinski definition) is 1. The van der Waals surface area contributed by atoms with Crippen molar-refractivity contribution < 1.29 is 0 Å². The largest absolute Gasteiger partial charge is 0.370 e. The fourth-order valence-corrected chi connectivity index (χ4v) is 2.62. The molecule has 1 aliphatic rings. The first-order valence-corrected chi connectivity index (χ1v) is 7.30. The minimum absolute atomic E-state index is 0.688. The average molecular weight is 271 g/mol. The molecule has 0 aliphatic carbocycles. The van der Waals surface area contributed by atoms with E-state index in [2.05, 4.69) is 21.1 Å². The molecule has 106 valence electrons. The molecule has 0 atom stereocenters. The van der Waals surface area contributed by atoms with Gasteiger partial charge in [-0.2, -0.15) is 0 Å². The third kappa shape index (κ3) is 2.92. The normalized spacial score (nSPS) is 16.8. The lowest BCUT2D eigenvalue weighted by Crippen LogP contribution is -2.41. The summed E-state index contributed by atoms with van der Waals surface area (Å²) in [7, 11) is 0. The third-order valence-electron chi connectivity index (χ3n) is 3.74. The van der Waals surface area contributed by atoms with Gasteiger partial charge in [0.25, 0.3) is 0 Å². The molecule has 1 saturated heterocycles. The monoisotopic (exact) mass is 271 g/mol. The summed E-state index contributed by atoms with van der Waals surface area (Å²) in [5.74, 6) is 0.688. The Morgan fingerprint density at radius 2 is 2.10 bits per heavy atom. The first-order valence-electron chi connectivity index (χ1n) is 7.30. The van der Waals surface area contributed by atoms with Crippen LogP contribution in [0.1, 0.15) is 25.0 Å². The molecule has 3 heterocycles. The maximum absolute atomic E-state index is 6.04. The topological polar surface area (TPSA) is 58.9 Å². The Labute approximate surface area is 119 Å². The molecule has 0 radical (unpaired) electrons. The molecule has 0 amide bonds. The Hall–Kier alpha value is -2.04. The van der Waals surface area contributed by atoms with Crippen LogP contribution in [0.25, 0.3) is 5.65 Å². The molecule has 1 aliphatic heterocycles. The number of aromatic nitrogens is 2. The van der Waals surface area contributed by atoms with Crippen LogP contribution in [-0.4, -0.2) is 39.9 Å². The Kier molecular flexibility index (Phi) is 3.85. The van der Waals surface area contributed by atoms with E-state index in [-0.39, 0.29) is 0 Å². The molecule has 2 N–H and O–H groups in total. The molecule has 20 heavy (non-hydrogen) atoms. The number of piperidine rings is 1. The number of likely N-dealkylation sites (tertiary alicyclic amines) is 1. The molecule has 0 saturated carbocycles. The van der Waals surface area contributed by atoms with E-state index in [0.29, 0.717) is 12.5 Å². The number of pyridine rings is 1. The van der Waals surface area contributed by atoms with Gasteiger partial charge in [-0.15, -0.1) is 0 Å². The molecule has 5 nitrogen and oxygen atoms in total. The molecule has 0 bridgehead atoms. The highest BCUT2D eigenvalue weighted by Gasteiger charge is 2.11.